The Morgan fingerprint density at radius 1 is 0.630 bits per heavy atom. The Balaban J connectivity index is 2.08. The first kappa shape index (κ1) is 19.7. The lowest BCUT2D eigenvalue weighted by atomic mass is 10.1. The lowest BCUT2D eigenvalue weighted by Gasteiger charge is -2.30. The molecule has 0 saturated carbocycles. The van der Waals surface area contributed by atoms with E-state index in [-0.39, 0.29) is 10.9 Å². The minimum Gasteiger partial charge on any atom is -0.294 e. The molecule has 0 aliphatic rings. The molecule has 0 fully saturated rings. The van der Waals surface area contributed by atoms with Crippen LogP contribution in [-0.2, 0) is 17.4 Å². The molecule has 0 saturated heterocycles. The van der Waals surface area contributed by atoms with Gasteiger partial charge < -0.3 is 0 Å². The van der Waals surface area contributed by atoms with Crippen molar-refractivity contribution in [2.24, 2.45) is 0 Å². The van der Waals surface area contributed by atoms with Gasteiger partial charge in [-0.05, 0) is 58.0 Å². The van der Waals surface area contributed by atoms with Crippen LogP contribution in [0.5, 0.6) is 0 Å². The van der Waals surface area contributed by atoms with Crippen molar-refractivity contribution >= 4 is 10.9 Å². The summed E-state index contributed by atoms with van der Waals surface area (Å²) in [7, 11) is -0.0957. The van der Waals surface area contributed by atoms with Gasteiger partial charge in [0.25, 0.3) is 0 Å². The molecule has 3 rings (SSSR count). The highest BCUT2D eigenvalue weighted by atomic mass is 32.2. The van der Waals surface area contributed by atoms with Crippen molar-refractivity contribution in [1.29, 1.82) is 0 Å². The standard InChI is InChI=1S/C25H30NS/c1-20(2)26(21(3)4)19-22-13-11-12-18-25(22)27(23-14-7-5-8-15-23)24-16-9-6-10-17-24/h5-18,20-21H,19H2,1-4H3/q+1. The summed E-state index contributed by atoms with van der Waals surface area (Å²) in [5.41, 5.74) is 1.43. The fraction of sp³-hybridized carbons (Fsp3) is 0.280. The zero-order chi connectivity index (χ0) is 19.2. The third-order valence-corrected chi connectivity index (χ3v) is 7.16. The first-order valence-corrected chi connectivity index (χ1v) is 11.0. The average molecular weight is 377 g/mol. The molecule has 0 heterocycles. The molecule has 0 bridgehead atoms. The van der Waals surface area contributed by atoms with E-state index >= 15 is 0 Å². The Bertz CT molecular complexity index is 780. The molecule has 3 aromatic rings. The van der Waals surface area contributed by atoms with E-state index in [2.05, 4.69) is 118 Å². The molecule has 1 nitrogen and oxygen atoms in total. The molecule has 0 amide bonds. The maximum Gasteiger partial charge on any atom is 0.171 e. The Kier molecular flexibility index (Phi) is 6.76. The minimum atomic E-state index is -0.0957. The van der Waals surface area contributed by atoms with Gasteiger partial charge in [0, 0.05) is 24.2 Å². The summed E-state index contributed by atoms with van der Waals surface area (Å²) in [6.45, 7) is 10.1. The first-order valence-electron chi connectivity index (χ1n) is 9.76. The van der Waals surface area contributed by atoms with Crippen molar-refractivity contribution in [3.05, 3.63) is 90.5 Å². The van der Waals surface area contributed by atoms with Crippen molar-refractivity contribution in [3.63, 3.8) is 0 Å². The van der Waals surface area contributed by atoms with Crippen molar-refractivity contribution < 1.29 is 0 Å². The Morgan fingerprint density at radius 3 is 1.56 bits per heavy atom. The van der Waals surface area contributed by atoms with Gasteiger partial charge in [-0.1, -0.05) is 54.6 Å². The average Bonchev–Trinajstić information content (AvgIpc) is 2.68. The fourth-order valence-corrected chi connectivity index (χ4v) is 5.74. The van der Waals surface area contributed by atoms with Gasteiger partial charge in [0.15, 0.2) is 14.7 Å². The van der Waals surface area contributed by atoms with Crippen LogP contribution >= 0.6 is 0 Å². The van der Waals surface area contributed by atoms with Crippen molar-refractivity contribution in [2.45, 2.75) is 61.0 Å². The molecule has 3 aromatic carbocycles. The number of hydrogen-bond donors (Lipinski definition) is 0. The van der Waals surface area contributed by atoms with Crippen molar-refractivity contribution in [1.82, 2.24) is 4.90 Å². The molecule has 0 spiro atoms. The van der Waals surface area contributed by atoms with E-state index in [0.717, 1.165) is 6.54 Å². The van der Waals surface area contributed by atoms with Crippen molar-refractivity contribution in [2.75, 3.05) is 0 Å². The van der Waals surface area contributed by atoms with Crippen LogP contribution in [0.4, 0.5) is 0 Å². The normalized spacial score (nSPS) is 11.7. The van der Waals surface area contributed by atoms with E-state index in [4.69, 9.17) is 0 Å². The Morgan fingerprint density at radius 2 is 1.07 bits per heavy atom. The van der Waals surface area contributed by atoms with Gasteiger partial charge in [0.1, 0.15) is 0 Å². The quantitative estimate of drug-likeness (QED) is 0.431. The summed E-state index contributed by atoms with van der Waals surface area (Å²) in [6, 6.07) is 31.8. The SMILES string of the molecule is CC(C)N(Cc1ccccc1[S+](c1ccccc1)c1ccccc1)C(C)C. The van der Waals surface area contributed by atoms with E-state index in [1.807, 2.05) is 0 Å². The molecule has 0 unspecified atom stereocenters. The minimum absolute atomic E-state index is 0.0957. The Labute approximate surface area is 167 Å². The molecule has 0 N–H and O–H groups in total. The van der Waals surface area contributed by atoms with Gasteiger partial charge in [-0.15, -0.1) is 0 Å². The summed E-state index contributed by atoms with van der Waals surface area (Å²) in [4.78, 5) is 6.74. The van der Waals surface area contributed by atoms with E-state index in [9.17, 15) is 0 Å². The highest BCUT2D eigenvalue weighted by Gasteiger charge is 2.31. The van der Waals surface area contributed by atoms with E-state index in [0.29, 0.717) is 12.1 Å². The molecule has 0 radical (unpaired) electrons. The molecule has 2 heteroatoms. The topological polar surface area (TPSA) is 3.24 Å². The van der Waals surface area contributed by atoms with Gasteiger partial charge in [0.2, 0.25) is 0 Å². The largest absolute Gasteiger partial charge is 0.294 e. The molecule has 140 valence electrons. The van der Waals surface area contributed by atoms with Gasteiger partial charge >= 0.3 is 0 Å². The zero-order valence-corrected chi connectivity index (χ0v) is 17.6. The van der Waals surface area contributed by atoms with Crippen LogP contribution in [0.1, 0.15) is 33.3 Å². The summed E-state index contributed by atoms with van der Waals surface area (Å²) in [5.74, 6) is 0. The predicted octanol–water partition coefficient (Wildman–Crippen LogP) is 6.40. The second-order valence-electron chi connectivity index (χ2n) is 7.40. The molecular weight excluding hydrogens is 346 g/mol. The van der Waals surface area contributed by atoms with Gasteiger partial charge in [0.05, 0.1) is 10.9 Å². The van der Waals surface area contributed by atoms with E-state index < -0.39 is 0 Å². The maximum absolute atomic E-state index is 2.57. The fourth-order valence-electron chi connectivity index (χ4n) is 3.49. The summed E-state index contributed by atoms with van der Waals surface area (Å²) in [6.07, 6.45) is 0. The molecule has 0 aliphatic carbocycles. The number of hydrogen-bond acceptors (Lipinski definition) is 1. The van der Waals surface area contributed by atoms with Crippen LogP contribution in [0.25, 0.3) is 0 Å². The molecule has 0 aromatic heterocycles. The molecular formula is C25H30NS+. The van der Waals surface area contributed by atoms with E-state index in [1.165, 1.54) is 20.2 Å². The Hall–Kier alpha value is -2.03. The van der Waals surface area contributed by atoms with Crippen LogP contribution in [0.15, 0.2) is 99.6 Å². The van der Waals surface area contributed by atoms with Crippen LogP contribution in [0, 0.1) is 0 Å². The second kappa shape index (κ2) is 9.25. The van der Waals surface area contributed by atoms with Gasteiger partial charge in [-0.3, -0.25) is 4.90 Å². The lowest BCUT2D eigenvalue weighted by molar-refractivity contribution is 0.164. The van der Waals surface area contributed by atoms with E-state index in [1.54, 1.807) is 0 Å². The van der Waals surface area contributed by atoms with Gasteiger partial charge in [-0.2, -0.15) is 0 Å². The zero-order valence-electron chi connectivity index (χ0n) is 16.8. The first-order chi connectivity index (χ1) is 13.1. The lowest BCUT2D eigenvalue weighted by Crippen LogP contribution is -2.36. The van der Waals surface area contributed by atoms with Crippen molar-refractivity contribution in [3.8, 4) is 0 Å². The third-order valence-electron chi connectivity index (χ3n) is 4.83. The van der Waals surface area contributed by atoms with Crippen LogP contribution in [0.3, 0.4) is 0 Å². The summed E-state index contributed by atoms with van der Waals surface area (Å²) in [5, 5.41) is 0. The third kappa shape index (κ3) is 4.82. The van der Waals surface area contributed by atoms with Crippen LogP contribution in [-0.4, -0.2) is 17.0 Å². The summed E-state index contributed by atoms with van der Waals surface area (Å²) >= 11 is 0. The smallest absolute Gasteiger partial charge is 0.171 e. The maximum atomic E-state index is 2.57. The molecule has 27 heavy (non-hydrogen) atoms. The second-order valence-corrected chi connectivity index (χ2v) is 9.39. The van der Waals surface area contributed by atoms with Gasteiger partial charge in [-0.25, -0.2) is 0 Å². The highest BCUT2D eigenvalue weighted by molar-refractivity contribution is 7.97. The van der Waals surface area contributed by atoms with Crippen LogP contribution in [0.2, 0.25) is 0 Å². The summed E-state index contributed by atoms with van der Waals surface area (Å²) < 4.78 is 0. The number of rotatable bonds is 7. The predicted molar refractivity (Wildman–Crippen MR) is 117 cm³/mol. The molecule has 0 atom stereocenters. The number of nitrogens with zero attached hydrogens (tertiary/aromatic N) is 1. The van der Waals surface area contributed by atoms with Crippen LogP contribution < -0.4 is 0 Å². The monoisotopic (exact) mass is 376 g/mol. The number of benzene rings is 3. The highest BCUT2D eigenvalue weighted by Crippen LogP contribution is 2.33. The molecule has 0 aliphatic heterocycles.